The summed E-state index contributed by atoms with van der Waals surface area (Å²) in [6.45, 7) is 8.04. The third-order valence-electron chi connectivity index (χ3n) is 7.91. The Balaban J connectivity index is 1.54. The van der Waals surface area contributed by atoms with Crippen LogP contribution in [0.25, 0.3) is 11.1 Å². The van der Waals surface area contributed by atoms with Gasteiger partial charge in [-0.05, 0) is 51.2 Å². The molecule has 1 amide bonds. The van der Waals surface area contributed by atoms with Crippen LogP contribution in [0.2, 0.25) is 0 Å². The zero-order valence-corrected chi connectivity index (χ0v) is 23.5. The van der Waals surface area contributed by atoms with Gasteiger partial charge in [0.15, 0.2) is 0 Å². The van der Waals surface area contributed by atoms with Gasteiger partial charge in [0.2, 0.25) is 5.95 Å². The Hall–Kier alpha value is -3.84. The average Bonchev–Trinajstić information content (AvgIpc) is 2.96. The average molecular weight is 590 g/mol. The van der Waals surface area contributed by atoms with E-state index in [9.17, 15) is 22.4 Å². The van der Waals surface area contributed by atoms with Crippen molar-refractivity contribution in [2.45, 2.75) is 32.1 Å². The highest BCUT2D eigenvalue weighted by Crippen LogP contribution is 2.37. The van der Waals surface area contributed by atoms with Crippen LogP contribution in [-0.2, 0) is 6.18 Å². The molecule has 2 saturated heterocycles. The molecular formula is C29H32F5N7O. The van der Waals surface area contributed by atoms with Gasteiger partial charge in [0.25, 0.3) is 5.91 Å². The van der Waals surface area contributed by atoms with Crippen molar-refractivity contribution >= 4 is 23.2 Å². The Morgan fingerprint density at radius 3 is 2.24 bits per heavy atom. The molecule has 2 N–H and O–H groups in total. The smallest absolute Gasteiger partial charge is 0.367 e. The zero-order valence-electron chi connectivity index (χ0n) is 23.5. The molecular weight excluding hydrogens is 557 g/mol. The Kier molecular flexibility index (Phi) is 8.33. The van der Waals surface area contributed by atoms with Gasteiger partial charge in [-0.25, -0.2) is 18.7 Å². The van der Waals surface area contributed by atoms with Gasteiger partial charge in [0.05, 0.1) is 22.5 Å². The third-order valence-corrected chi connectivity index (χ3v) is 7.91. The topological polar surface area (TPSA) is 76.6 Å². The van der Waals surface area contributed by atoms with Crippen LogP contribution >= 0.6 is 0 Å². The second-order valence-corrected chi connectivity index (χ2v) is 10.8. The Bertz CT molecular complexity index is 1430. The molecule has 2 atom stereocenters. The lowest BCUT2D eigenvalue weighted by atomic mass is 10.0. The van der Waals surface area contributed by atoms with Gasteiger partial charge < -0.3 is 20.4 Å². The molecule has 0 aliphatic carbocycles. The van der Waals surface area contributed by atoms with Crippen LogP contribution in [0.5, 0.6) is 0 Å². The first-order valence-corrected chi connectivity index (χ1v) is 13.7. The number of nitrogens with zero attached hydrogens (tertiary/aromatic N) is 5. The summed E-state index contributed by atoms with van der Waals surface area (Å²) >= 11 is 0. The number of anilines is 3. The molecule has 1 unspecified atom stereocenters. The number of alkyl halides is 3. The van der Waals surface area contributed by atoms with Crippen molar-refractivity contribution in [2.75, 3.05) is 61.4 Å². The van der Waals surface area contributed by atoms with Crippen molar-refractivity contribution in [3.8, 4) is 11.1 Å². The van der Waals surface area contributed by atoms with Crippen molar-refractivity contribution in [3.63, 3.8) is 0 Å². The fourth-order valence-electron chi connectivity index (χ4n) is 5.37. The largest absolute Gasteiger partial charge is 0.417 e. The van der Waals surface area contributed by atoms with Crippen molar-refractivity contribution in [2.24, 2.45) is 0 Å². The van der Waals surface area contributed by atoms with Crippen molar-refractivity contribution in [1.29, 1.82) is 0 Å². The van der Waals surface area contributed by atoms with Gasteiger partial charge >= 0.3 is 6.18 Å². The molecule has 1 aromatic heterocycles. The molecule has 224 valence electrons. The summed E-state index contributed by atoms with van der Waals surface area (Å²) in [5.41, 5.74) is -1.29. The van der Waals surface area contributed by atoms with Crippen LogP contribution in [0, 0.1) is 11.6 Å². The van der Waals surface area contributed by atoms with Crippen LogP contribution in [-0.4, -0.2) is 79.2 Å². The number of aromatic nitrogens is 2. The first-order valence-electron chi connectivity index (χ1n) is 13.7. The molecule has 5 rings (SSSR count). The molecule has 0 radical (unpaired) electrons. The van der Waals surface area contributed by atoms with Gasteiger partial charge in [-0.2, -0.15) is 13.2 Å². The maximum atomic E-state index is 15.7. The number of carbonyl (C=O) groups excluding carboxylic acids is 1. The Morgan fingerprint density at radius 1 is 0.976 bits per heavy atom. The van der Waals surface area contributed by atoms with E-state index >= 15 is 4.39 Å². The first kappa shape index (κ1) is 29.6. The monoisotopic (exact) mass is 589 g/mol. The molecule has 3 heterocycles. The summed E-state index contributed by atoms with van der Waals surface area (Å²) in [5, 5.41) is 5.81. The SMILES string of the molecule is CC1CN(c2cc(F)c(-c3cnc(N4CCNCC4)nc3)cc2NC(=O)c2ccc(F)cc2C(F)(F)F)C[C@H](C)N1C. The maximum absolute atomic E-state index is 15.7. The van der Waals surface area contributed by atoms with E-state index in [2.05, 4.69) is 25.5 Å². The molecule has 3 aromatic rings. The summed E-state index contributed by atoms with van der Waals surface area (Å²) in [6.07, 6.45) is -2.00. The van der Waals surface area contributed by atoms with Gasteiger partial charge in [-0.15, -0.1) is 0 Å². The van der Waals surface area contributed by atoms with E-state index in [4.69, 9.17) is 0 Å². The van der Waals surface area contributed by atoms with Gasteiger partial charge in [-0.1, -0.05) is 0 Å². The number of halogens is 5. The fourth-order valence-corrected chi connectivity index (χ4v) is 5.37. The number of likely N-dealkylation sites (N-methyl/N-ethyl adjacent to an activating group) is 1. The molecule has 13 heteroatoms. The summed E-state index contributed by atoms with van der Waals surface area (Å²) in [6, 6.07) is 4.70. The summed E-state index contributed by atoms with van der Waals surface area (Å²) in [4.78, 5) is 28.1. The fraction of sp³-hybridized carbons (Fsp3) is 0.414. The molecule has 8 nitrogen and oxygen atoms in total. The number of rotatable bonds is 5. The molecule has 0 bridgehead atoms. The minimum absolute atomic E-state index is 0.0753. The molecule has 2 aliphatic rings. The highest BCUT2D eigenvalue weighted by atomic mass is 19.4. The van der Waals surface area contributed by atoms with E-state index in [0.717, 1.165) is 38.3 Å². The normalized spacial score (nSPS) is 20.1. The lowest BCUT2D eigenvalue weighted by Crippen LogP contribution is -2.55. The van der Waals surface area contributed by atoms with Crippen molar-refractivity contribution in [3.05, 3.63) is 65.5 Å². The van der Waals surface area contributed by atoms with E-state index in [-0.39, 0.29) is 29.4 Å². The van der Waals surface area contributed by atoms with E-state index in [0.29, 0.717) is 30.3 Å². The van der Waals surface area contributed by atoms with Crippen molar-refractivity contribution in [1.82, 2.24) is 20.2 Å². The Labute approximate surface area is 240 Å². The number of carbonyl (C=O) groups is 1. The van der Waals surface area contributed by atoms with E-state index in [1.807, 2.05) is 30.7 Å². The molecule has 2 aliphatic heterocycles. The molecule has 0 saturated carbocycles. The summed E-state index contributed by atoms with van der Waals surface area (Å²) in [7, 11) is 1.98. The van der Waals surface area contributed by atoms with Gasteiger partial charge in [0, 0.05) is 74.9 Å². The second-order valence-electron chi connectivity index (χ2n) is 10.8. The second kappa shape index (κ2) is 11.8. The van der Waals surface area contributed by atoms with Crippen LogP contribution in [0.15, 0.2) is 42.7 Å². The quantitative estimate of drug-likeness (QED) is 0.421. The van der Waals surface area contributed by atoms with Gasteiger partial charge in [0.1, 0.15) is 11.6 Å². The Morgan fingerprint density at radius 2 is 1.62 bits per heavy atom. The van der Waals surface area contributed by atoms with E-state index in [1.165, 1.54) is 24.5 Å². The van der Waals surface area contributed by atoms with Crippen LogP contribution in [0.3, 0.4) is 0 Å². The maximum Gasteiger partial charge on any atom is 0.417 e. The van der Waals surface area contributed by atoms with Crippen molar-refractivity contribution < 1.29 is 26.7 Å². The third kappa shape index (κ3) is 6.16. The number of benzene rings is 2. The zero-order chi connectivity index (χ0) is 30.2. The molecule has 0 spiro atoms. The van der Waals surface area contributed by atoms with Crippen LogP contribution in [0.1, 0.15) is 29.8 Å². The first-order chi connectivity index (χ1) is 19.9. The number of hydrogen-bond donors (Lipinski definition) is 2. The van der Waals surface area contributed by atoms with E-state index < -0.39 is 34.8 Å². The standard InChI is InChI=1S/C29H32F5N7O/c1-17-15-41(16-18(2)39(17)3)26-12-24(31)22(19-13-36-28(37-14-19)40-8-6-35-7-9-40)11-25(26)38-27(42)21-5-4-20(30)10-23(21)29(32,33)34/h4-5,10-14,17-18,35H,6-9,15-16H2,1-3H3,(H,38,42)/t17-,18?/m0/s1. The van der Waals surface area contributed by atoms with E-state index in [1.54, 1.807) is 0 Å². The lowest BCUT2D eigenvalue weighted by molar-refractivity contribution is -0.138. The van der Waals surface area contributed by atoms with Gasteiger partial charge in [-0.3, -0.25) is 9.69 Å². The minimum atomic E-state index is -4.96. The number of nitrogens with one attached hydrogen (secondary N) is 2. The summed E-state index contributed by atoms with van der Waals surface area (Å²) < 4.78 is 70.5. The lowest BCUT2D eigenvalue weighted by Gasteiger charge is -2.44. The number of hydrogen-bond acceptors (Lipinski definition) is 7. The van der Waals surface area contributed by atoms with Crippen LogP contribution in [0.4, 0.5) is 39.3 Å². The molecule has 2 fully saturated rings. The number of piperazine rings is 2. The van der Waals surface area contributed by atoms with Crippen LogP contribution < -0.4 is 20.4 Å². The molecule has 42 heavy (non-hydrogen) atoms. The molecule has 2 aromatic carbocycles. The summed E-state index contributed by atoms with van der Waals surface area (Å²) in [5.74, 6) is -2.31. The highest BCUT2D eigenvalue weighted by Gasteiger charge is 2.36. The number of amides is 1. The minimum Gasteiger partial charge on any atom is -0.367 e. The predicted molar refractivity (Wildman–Crippen MR) is 151 cm³/mol. The predicted octanol–water partition coefficient (Wildman–Crippen LogP) is 4.63. The highest BCUT2D eigenvalue weighted by molar-refractivity contribution is 6.07.